The largest absolute Gasteiger partial charge is 0.487 e. The summed E-state index contributed by atoms with van der Waals surface area (Å²) >= 11 is 6.35. The number of carbonyl (C=O) groups is 1. The third-order valence-electron chi connectivity index (χ3n) is 5.61. The van der Waals surface area contributed by atoms with Crippen LogP contribution < -0.4 is 10.1 Å². The van der Waals surface area contributed by atoms with Crippen LogP contribution in [0.25, 0.3) is 16.6 Å². The molecule has 4 rings (SSSR count). The zero-order chi connectivity index (χ0) is 26.7. The molecule has 1 amide bonds. The van der Waals surface area contributed by atoms with Crippen LogP contribution in [0, 0.1) is 19.7 Å². The van der Waals surface area contributed by atoms with Gasteiger partial charge in [0.2, 0.25) is 5.91 Å². The van der Waals surface area contributed by atoms with Gasteiger partial charge >= 0.3 is 6.61 Å². The molecule has 12 heteroatoms. The van der Waals surface area contributed by atoms with Crippen molar-refractivity contribution in [1.29, 1.82) is 0 Å². The number of nitrogens with one attached hydrogen (secondary N) is 1. The van der Waals surface area contributed by atoms with Crippen LogP contribution in [-0.2, 0) is 16.1 Å². The van der Waals surface area contributed by atoms with Crippen molar-refractivity contribution in [2.24, 2.45) is 0 Å². The van der Waals surface area contributed by atoms with Gasteiger partial charge in [-0.05, 0) is 50.6 Å². The number of ether oxygens (including phenoxy) is 2. The van der Waals surface area contributed by atoms with Crippen LogP contribution in [0.1, 0.15) is 35.6 Å². The number of carbonyl (C=O) groups excluding carboxylic acids is 1. The van der Waals surface area contributed by atoms with Crippen LogP contribution in [0.2, 0.25) is 5.02 Å². The van der Waals surface area contributed by atoms with E-state index in [-0.39, 0.29) is 11.6 Å². The lowest BCUT2D eigenvalue weighted by molar-refractivity contribution is -0.152. The fourth-order valence-corrected chi connectivity index (χ4v) is 4.24. The number of hydrogen-bond acceptors (Lipinski definition) is 6. The summed E-state index contributed by atoms with van der Waals surface area (Å²) in [6.07, 6.45) is 1.47. The predicted octanol–water partition coefficient (Wildman–Crippen LogP) is 5.22. The summed E-state index contributed by atoms with van der Waals surface area (Å²) in [5.74, 6) is -0.252. The normalized spacial score (nSPS) is 12.2. The topological polar surface area (TPSA) is 91.2 Å². The average Bonchev–Trinajstić information content (AvgIpc) is 3.27. The minimum atomic E-state index is -3.08. The van der Waals surface area contributed by atoms with E-state index in [1.807, 2.05) is 32.0 Å². The van der Waals surface area contributed by atoms with Crippen LogP contribution in [0.5, 0.6) is 5.75 Å². The molecule has 2 aromatic carbocycles. The second kappa shape index (κ2) is 11.1. The van der Waals surface area contributed by atoms with Gasteiger partial charge < -0.3 is 14.8 Å². The summed E-state index contributed by atoms with van der Waals surface area (Å²) in [4.78, 5) is 20.8. The van der Waals surface area contributed by atoms with E-state index in [9.17, 15) is 18.0 Å². The molecule has 0 aliphatic rings. The number of aryl methyl sites for hydroxylation is 2. The molecule has 0 saturated heterocycles. The van der Waals surface area contributed by atoms with Crippen molar-refractivity contribution in [3.05, 3.63) is 76.2 Å². The number of pyridine rings is 1. The van der Waals surface area contributed by atoms with Gasteiger partial charge in [-0.25, -0.2) is 19.0 Å². The molecular weight excluding hydrogens is 511 g/mol. The van der Waals surface area contributed by atoms with Crippen LogP contribution in [0.3, 0.4) is 0 Å². The number of hydrogen-bond donors (Lipinski definition) is 1. The molecule has 1 N–H and O–H groups in total. The summed E-state index contributed by atoms with van der Waals surface area (Å²) < 4.78 is 50.5. The van der Waals surface area contributed by atoms with Crippen LogP contribution in [0.4, 0.5) is 13.2 Å². The Bertz CT molecular complexity index is 1450. The van der Waals surface area contributed by atoms with Crippen LogP contribution >= 0.6 is 11.6 Å². The third-order valence-corrected chi connectivity index (χ3v) is 5.94. The molecule has 2 aromatic heterocycles. The number of rotatable bonds is 9. The van der Waals surface area contributed by atoms with E-state index in [1.165, 1.54) is 12.4 Å². The number of alkyl halides is 2. The highest BCUT2D eigenvalue weighted by atomic mass is 35.5. The van der Waals surface area contributed by atoms with Gasteiger partial charge in [-0.3, -0.25) is 4.79 Å². The lowest BCUT2D eigenvalue weighted by Gasteiger charge is -2.20. The molecule has 0 aliphatic heterocycles. The summed E-state index contributed by atoms with van der Waals surface area (Å²) in [5.41, 5.74) is 2.85. The zero-order valence-corrected chi connectivity index (χ0v) is 20.9. The van der Waals surface area contributed by atoms with Crippen molar-refractivity contribution in [1.82, 2.24) is 25.1 Å². The quantitative estimate of drug-likeness (QED) is 0.317. The lowest BCUT2D eigenvalue weighted by atomic mass is 10.0. The molecule has 2 heterocycles. The maximum Gasteiger partial charge on any atom is 0.345 e. The molecule has 1 atom stereocenters. The van der Waals surface area contributed by atoms with Gasteiger partial charge in [-0.15, -0.1) is 0 Å². The second-order valence-electron chi connectivity index (χ2n) is 8.26. The van der Waals surface area contributed by atoms with Gasteiger partial charge in [0.25, 0.3) is 0 Å². The molecule has 0 bridgehead atoms. The molecular formula is C25H23ClF3N5O3. The second-order valence-corrected chi connectivity index (χ2v) is 8.67. The summed E-state index contributed by atoms with van der Waals surface area (Å²) in [5, 5.41) is 7.67. The van der Waals surface area contributed by atoms with Gasteiger partial charge in [0, 0.05) is 16.6 Å². The Morgan fingerprint density at radius 3 is 2.70 bits per heavy atom. The van der Waals surface area contributed by atoms with Gasteiger partial charge in [-0.1, -0.05) is 23.7 Å². The van der Waals surface area contributed by atoms with Gasteiger partial charge in [0.05, 0.1) is 16.8 Å². The number of halogens is 4. The summed E-state index contributed by atoms with van der Waals surface area (Å²) in [6.45, 7) is 1.26. The fourth-order valence-electron chi connectivity index (χ4n) is 3.97. The molecule has 0 spiro atoms. The van der Waals surface area contributed by atoms with E-state index in [0.29, 0.717) is 28.2 Å². The fraction of sp³-hybridized carbons (Fsp3) is 0.280. The van der Waals surface area contributed by atoms with Crippen molar-refractivity contribution in [2.75, 3.05) is 6.61 Å². The maximum absolute atomic E-state index is 14.2. The van der Waals surface area contributed by atoms with E-state index in [2.05, 4.69) is 25.1 Å². The molecule has 0 aliphatic carbocycles. The van der Waals surface area contributed by atoms with E-state index in [4.69, 9.17) is 16.3 Å². The van der Waals surface area contributed by atoms with Gasteiger partial charge in [0.1, 0.15) is 42.4 Å². The molecule has 4 aromatic rings. The Hall–Kier alpha value is -3.70. The van der Waals surface area contributed by atoms with Gasteiger partial charge in [0.15, 0.2) is 0 Å². The molecule has 194 valence electrons. The van der Waals surface area contributed by atoms with E-state index in [0.717, 1.165) is 22.8 Å². The van der Waals surface area contributed by atoms with Crippen molar-refractivity contribution in [3.63, 3.8) is 0 Å². The Morgan fingerprint density at radius 2 is 2.00 bits per heavy atom. The smallest absolute Gasteiger partial charge is 0.345 e. The van der Waals surface area contributed by atoms with Crippen LogP contribution in [-0.4, -0.2) is 38.9 Å². The first-order valence-electron chi connectivity index (χ1n) is 11.2. The molecule has 0 radical (unpaired) electrons. The number of nitrogens with zero attached hydrogens (tertiary/aromatic N) is 4. The Kier molecular flexibility index (Phi) is 7.94. The molecule has 8 nitrogen and oxygen atoms in total. The highest BCUT2D eigenvalue weighted by Gasteiger charge is 2.20. The Morgan fingerprint density at radius 1 is 1.22 bits per heavy atom. The van der Waals surface area contributed by atoms with Crippen molar-refractivity contribution < 1.29 is 27.4 Å². The van der Waals surface area contributed by atoms with E-state index < -0.39 is 31.0 Å². The van der Waals surface area contributed by atoms with E-state index >= 15 is 0 Å². The first kappa shape index (κ1) is 26.4. The Labute approximate surface area is 215 Å². The average molecular weight is 534 g/mol. The first-order chi connectivity index (χ1) is 17.6. The highest BCUT2D eigenvalue weighted by Crippen LogP contribution is 2.32. The number of para-hydroxylation sites is 1. The lowest BCUT2D eigenvalue weighted by Crippen LogP contribution is -2.31. The third kappa shape index (κ3) is 6.00. The predicted molar refractivity (Wildman–Crippen MR) is 130 cm³/mol. The van der Waals surface area contributed by atoms with Crippen molar-refractivity contribution >= 4 is 28.4 Å². The zero-order valence-electron chi connectivity index (χ0n) is 20.1. The number of fused-ring (bicyclic) bond motifs is 1. The number of amides is 1. The summed E-state index contributed by atoms with van der Waals surface area (Å²) in [7, 11) is 0. The number of aromatic nitrogens is 4. The SMILES string of the molecule is Cc1cc(-n2ncnc2C)c2cccc(OCc3c(Cl)cc(F)cc3[C@H](C)NC(=O)COC(F)F)c2n1. The van der Waals surface area contributed by atoms with Gasteiger partial charge in [-0.2, -0.15) is 13.9 Å². The monoisotopic (exact) mass is 533 g/mol. The van der Waals surface area contributed by atoms with Crippen molar-refractivity contribution in [3.8, 4) is 11.4 Å². The van der Waals surface area contributed by atoms with Crippen molar-refractivity contribution in [2.45, 2.75) is 40.0 Å². The molecule has 0 saturated carbocycles. The number of benzene rings is 2. The molecule has 0 fully saturated rings. The minimum absolute atomic E-state index is 0.0748. The molecule has 37 heavy (non-hydrogen) atoms. The van der Waals surface area contributed by atoms with Crippen LogP contribution in [0.15, 0.2) is 42.7 Å². The minimum Gasteiger partial charge on any atom is -0.487 e. The first-order valence-corrected chi connectivity index (χ1v) is 11.6. The molecule has 0 unspecified atom stereocenters. The maximum atomic E-state index is 14.2. The highest BCUT2D eigenvalue weighted by molar-refractivity contribution is 6.31. The standard InChI is InChI=1S/C25H23ClF3N5O3/c1-13-7-21(34-15(3)30-12-31-34)17-5-4-6-22(24(17)32-13)36-10-19-18(8-16(27)9-20(19)26)14(2)33-23(35)11-37-25(28)29/h4-9,12,14,25H,10-11H2,1-3H3,(H,33,35)/t14-/m0/s1. The van der Waals surface area contributed by atoms with E-state index in [1.54, 1.807) is 17.7 Å². The summed E-state index contributed by atoms with van der Waals surface area (Å²) in [6, 6.07) is 8.91. The Balaban J connectivity index is 1.64.